The third-order valence-electron chi connectivity index (χ3n) is 3.84. The second-order valence-corrected chi connectivity index (χ2v) is 6.29. The summed E-state index contributed by atoms with van der Waals surface area (Å²) in [6.45, 7) is 3.66. The normalized spacial score (nSPS) is 10.2. The van der Waals surface area contributed by atoms with Gasteiger partial charge in [-0.25, -0.2) is 24.4 Å². The zero-order chi connectivity index (χ0) is 23.3. The van der Waals surface area contributed by atoms with Crippen LogP contribution in [0.4, 0.5) is 4.79 Å². The quantitative estimate of drug-likeness (QED) is 0.200. The van der Waals surface area contributed by atoms with Gasteiger partial charge in [0.15, 0.2) is 0 Å². The van der Waals surface area contributed by atoms with Crippen LogP contribution in [0.15, 0.2) is 28.2 Å². The van der Waals surface area contributed by atoms with Gasteiger partial charge in [-0.05, 0) is 16.7 Å². The Balaban J connectivity index is 2.20. The number of nitrogens with zero attached hydrogens (tertiary/aromatic N) is 2. The molecule has 176 valence electrons. The molecule has 0 heterocycles. The number of rotatable bonds is 18. The Hall–Kier alpha value is -2.91. The Kier molecular flexibility index (Phi) is 16.0. The fourth-order valence-corrected chi connectivity index (χ4v) is 2.47. The van der Waals surface area contributed by atoms with E-state index in [0.29, 0.717) is 39.6 Å². The highest BCUT2D eigenvalue weighted by Crippen LogP contribution is 2.13. The lowest BCUT2D eigenvalue weighted by molar-refractivity contribution is -0.00230. The highest BCUT2D eigenvalue weighted by Gasteiger charge is 2.05. The SMILES string of the molecule is COCCOCCOCCOCCOC(=O)NCc1cc(CN=C=O)cc(CN=C=O)c1. The summed E-state index contributed by atoms with van der Waals surface area (Å²) in [6.07, 6.45) is 2.36. The molecule has 0 aromatic heterocycles. The number of methoxy groups -OCH3 is 1. The van der Waals surface area contributed by atoms with Gasteiger partial charge in [0.25, 0.3) is 0 Å². The number of hydrogen-bond acceptors (Lipinski definition) is 10. The van der Waals surface area contributed by atoms with Crippen LogP contribution < -0.4 is 5.32 Å². The van der Waals surface area contributed by atoms with Crippen LogP contribution in [0.25, 0.3) is 0 Å². The summed E-state index contributed by atoms with van der Waals surface area (Å²) in [4.78, 5) is 39.6. The van der Waals surface area contributed by atoms with E-state index in [-0.39, 0.29) is 32.8 Å². The van der Waals surface area contributed by atoms with E-state index in [9.17, 15) is 14.4 Å². The standard InChI is InChI=1S/C21H29N3O8/c1-28-2-3-29-4-5-30-6-7-31-8-9-32-21(27)24-15-20-11-18(13-22-16-25)10-19(12-20)14-23-17-26/h10-12H,2-9,13-15H2,1H3,(H,24,27). The molecule has 0 aliphatic carbocycles. The average Bonchev–Trinajstić information content (AvgIpc) is 2.80. The Morgan fingerprint density at radius 1 is 0.781 bits per heavy atom. The van der Waals surface area contributed by atoms with E-state index in [1.54, 1.807) is 25.3 Å². The smallest absolute Gasteiger partial charge is 0.407 e. The number of alkyl carbamates (subject to hydrolysis) is 1. The van der Waals surface area contributed by atoms with Crippen molar-refractivity contribution in [1.29, 1.82) is 0 Å². The van der Waals surface area contributed by atoms with Crippen LogP contribution >= 0.6 is 0 Å². The maximum absolute atomic E-state index is 11.8. The summed E-state index contributed by atoms with van der Waals surface area (Å²) in [5, 5.41) is 2.63. The number of hydrogen-bond donors (Lipinski definition) is 1. The van der Waals surface area contributed by atoms with E-state index >= 15 is 0 Å². The van der Waals surface area contributed by atoms with Crippen molar-refractivity contribution in [2.75, 3.05) is 60.0 Å². The molecule has 0 aliphatic rings. The number of carbonyl (C=O) groups excluding carboxylic acids is 3. The van der Waals surface area contributed by atoms with Gasteiger partial charge in [0.1, 0.15) is 6.61 Å². The molecule has 11 nitrogen and oxygen atoms in total. The van der Waals surface area contributed by atoms with Crippen molar-refractivity contribution in [2.45, 2.75) is 19.6 Å². The molecule has 0 fully saturated rings. The van der Waals surface area contributed by atoms with Gasteiger partial charge < -0.3 is 29.0 Å². The van der Waals surface area contributed by atoms with Crippen molar-refractivity contribution in [3.63, 3.8) is 0 Å². The molecule has 11 heteroatoms. The van der Waals surface area contributed by atoms with Crippen molar-refractivity contribution in [3.05, 3.63) is 34.9 Å². The second kappa shape index (κ2) is 18.8. The first-order chi connectivity index (χ1) is 15.7. The molecule has 0 aliphatic heterocycles. The van der Waals surface area contributed by atoms with E-state index in [1.165, 1.54) is 12.2 Å². The molecule has 0 saturated carbocycles. The zero-order valence-corrected chi connectivity index (χ0v) is 18.2. The maximum atomic E-state index is 11.8. The second-order valence-electron chi connectivity index (χ2n) is 6.29. The fraction of sp³-hybridized carbons (Fsp3) is 0.571. The molecule has 32 heavy (non-hydrogen) atoms. The van der Waals surface area contributed by atoms with Crippen LogP contribution in [0.1, 0.15) is 16.7 Å². The molecule has 0 radical (unpaired) electrons. The van der Waals surface area contributed by atoms with Crippen molar-refractivity contribution < 1.29 is 38.1 Å². The van der Waals surface area contributed by atoms with E-state index < -0.39 is 6.09 Å². The molecule has 1 amide bonds. The Labute approximate surface area is 186 Å². The molecular weight excluding hydrogens is 422 g/mol. The Bertz CT molecular complexity index is 723. The highest BCUT2D eigenvalue weighted by atomic mass is 16.6. The van der Waals surface area contributed by atoms with Crippen LogP contribution in [-0.4, -0.2) is 78.2 Å². The number of nitrogens with one attached hydrogen (secondary N) is 1. The van der Waals surface area contributed by atoms with E-state index in [0.717, 1.165) is 16.7 Å². The van der Waals surface area contributed by atoms with Crippen LogP contribution in [0.3, 0.4) is 0 Å². The van der Waals surface area contributed by atoms with E-state index in [4.69, 9.17) is 23.7 Å². The predicted molar refractivity (Wildman–Crippen MR) is 113 cm³/mol. The average molecular weight is 451 g/mol. The van der Waals surface area contributed by atoms with E-state index in [2.05, 4.69) is 15.3 Å². The molecule has 1 aromatic rings. The lowest BCUT2D eigenvalue weighted by Crippen LogP contribution is -2.25. The van der Waals surface area contributed by atoms with Crippen molar-refractivity contribution in [1.82, 2.24) is 5.32 Å². The zero-order valence-electron chi connectivity index (χ0n) is 18.2. The first kappa shape index (κ1) is 27.1. The molecule has 0 atom stereocenters. The lowest BCUT2D eigenvalue weighted by Gasteiger charge is -2.10. The summed E-state index contributed by atoms with van der Waals surface area (Å²) in [5.41, 5.74) is 2.21. The first-order valence-electron chi connectivity index (χ1n) is 10.0. The molecule has 0 saturated heterocycles. The minimum Gasteiger partial charge on any atom is -0.447 e. The number of isocyanates is 2. The molecule has 0 unspecified atom stereocenters. The number of aliphatic imine (C=N–C) groups is 2. The molecule has 1 N–H and O–H groups in total. The highest BCUT2D eigenvalue weighted by molar-refractivity contribution is 5.67. The predicted octanol–water partition coefficient (Wildman–Crippen LogP) is 1.28. The number of carbonyl (C=O) groups is 1. The van der Waals surface area contributed by atoms with Gasteiger partial charge in [0.2, 0.25) is 12.2 Å². The maximum Gasteiger partial charge on any atom is 0.407 e. The third kappa shape index (κ3) is 14.2. The molecule has 0 bridgehead atoms. The first-order valence-corrected chi connectivity index (χ1v) is 10.0. The minimum absolute atomic E-state index is 0.0966. The fourth-order valence-electron chi connectivity index (χ4n) is 2.47. The third-order valence-corrected chi connectivity index (χ3v) is 3.84. The minimum atomic E-state index is -0.596. The number of ether oxygens (including phenoxy) is 5. The van der Waals surface area contributed by atoms with Gasteiger partial charge >= 0.3 is 6.09 Å². The van der Waals surface area contributed by atoms with Gasteiger partial charge in [-0.1, -0.05) is 18.2 Å². The number of benzene rings is 1. The van der Waals surface area contributed by atoms with Crippen molar-refractivity contribution in [2.24, 2.45) is 9.98 Å². The summed E-state index contributed by atoms with van der Waals surface area (Å²) in [7, 11) is 1.61. The van der Waals surface area contributed by atoms with Crippen molar-refractivity contribution >= 4 is 18.3 Å². The van der Waals surface area contributed by atoms with Crippen molar-refractivity contribution in [3.8, 4) is 0 Å². The van der Waals surface area contributed by atoms with Crippen LogP contribution in [0, 0.1) is 0 Å². The Morgan fingerprint density at radius 2 is 1.25 bits per heavy atom. The van der Waals surface area contributed by atoms with Gasteiger partial charge in [-0.15, -0.1) is 0 Å². The van der Waals surface area contributed by atoms with Crippen LogP contribution in [-0.2, 0) is 52.9 Å². The lowest BCUT2D eigenvalue weighted by atomic mass is 10.1. The van der Waals surface area contributed by atoms with Crippen LogP contribution in [0.5, 0.6) is 0 Å². The monoisotopic (exact) mass is 451 g/mol. The summed E-state index contributed by atoms with van der Waals surface area (Å²) in [6, 6.07) is 5.32. The molecule has 1 rings (SSSR count). The largest absolute Gasteiger partial charge is 0.447 e. The molecule has 0 spiro atoms. The number of amides is 1. The van der Waals surface area contributed by atoms with Gasteiger partial charge in [0.05, 0.1) is 59.3 Å². The topological polar surface area (TPSA) is 134 Å². The molecule has 1 aromatic carbocycles. The Morgan fingerprint density at radius 3 is 1.75 bits per heavy atom. The summed E-state index contributed by atoms with van der Waals surface area (Å²) >= 11 is 0. The van der Waals surface area contributed by atoms with Crippen LogP contribution in [0.2, 0.25) is 0 Å². The summed E-state index contributed by atoms with van der Waals surface area (Å²) in [5.74, 6) is 0. The van der Waals surface area contributed by atoms with Gasteiger partial charge in [-0.2, -0.15) is 0 Å². The summed E-state index contributed by atoms with van der Waals surface area (Å²) < 4.78 is 25.8. The molecular formula is C21H29N3O8. The van der Waals surface area contributed by atoms with E-state index in [1.807, 2.05) is 0 Å². The van der Waals surface area contributed by atoms with Gasteiger partial charge in [0, 0.05) is 13.7 Å². The van der Waals surface area contributed by atoms with Gasteiger partial charge in [-0.3, -0.25) is 0 Å².